The number of nitrogens with one attached hydrogen (secondary N) is 2. The molecule has 3 amide bonds. The zero-order valence-corrected chi connectivity index (χ0v) is 21.7. The lowest BCUT2D eigenvalue weighted by Crippen LogP contribution is -2.54. The minimum absolute atomic E-state index is 0.0578. The molecule has 3 heterocycles. The molecule has 37 heavy (non-hydrogen) atoms. The number of hydrogen-bond acceptors (Lipinski definition) is 6. The number of benzene rings is 1. The van der Waals surface area contributed by atoms with Crippen LogP contribution in [0.25, 0.3) is 0 Å². The number of aromatic nitrogens is 3. The third-order valence-electron chi connectivity index (χ3n) is 7.76. The maximum Gasteiger partial charge on any atom is 0.248 e. The number of aliphatic hydroxyl groups excluding tert-OH is 1. The molecule has 4 atom stereocenters. The van der Waals surface area contributed by atoms with E-state index in [1.807, 2.05) is 57.3 Å². The van der Waals surface area contributed by atoms with Crippen LogP contribution in [0.1, 0.15) is 76.1 Å². The van der Waals surface area contributed by atoms with Crippen LogP contribution < -0.4 is 10.6 Å². The molecule has 1 saturated carbocycles. The van der Waals surface area contributed by atoms with Crippen molar-refractivity contribution in [2.45, 2.75) is 82.5 Å². The fourth-order valence-electron chi connectivity index (χ4n) is 5.61. The molecule has 1 unspecified atom stereocenters. The molecule has 1 aromatic heterocycles. The second-order valence-electron chi connectivity index (χ2n) is 11.8. The van der Waals surface area contributed by atoms with Gasteiger partial charge in [-0.1, -0.05) is 56.3 Å². The Balaban J connectivity index is 1.34. The molecule has 10 nitrogen and oxygen atoms in total. The predicted octanol–water partition coefficient (Wildman–Crippen LogP) is 1.63. The van der Waals surface area contributed by atoms with E-state index in [0.717, 1.165) is 24.1 Å². The number of carbonyl (C=O) groups excluding carboxylic acids is 3. The van der Waals surface area contributed by atoms with Crippen molar-refractivity contribution in [3.63, 3.8) is 0 Å². The van der Waals surface area contributed by atoms with Gasteiger partial charge in [0.05, 0.1) is 17.3 Å². The second-order valence-corrected chi connectivity index (χ2v) is 11.8. The van der Waals surface area contributed by atoms with E-state index < -0.39 is 29.1 Å². The van der Waals surface area contributed by atoms with Crippen LogP contribution >= 0.6 is 0 Å². The van der Waals surface area contributed by atoms with Gasteiger partial charge < -0.3 is 20.6 Å². The Labute approximate surface area is 216 Å². The summed E-state index contributed by atoms with van der Waals surface area (Å²) in [5.41, 5.74) is 0.619. The fraction of sp³-hybridized carbons (Fsp3) is 0.593. The second kappa shape index (κ2) is 9.55. The summed E-state index contributed by atoms with van der Waals surface area (Å²) in [6.07, 6.45) is 4.31. The van der Waals surface area contributed by atoms with Crippen LogP contribution in [-0.4, -0.2) is 68.0 Å². The predicted molar refractivity (Wildman–Crippen MR) is 135 cm³/mol. The topological polar surface area (TPSA) is 129 Å². The van der Waals surface area contributed by atoms with Gasteiger partial charge in [-0.05, 0) is 30.2 Å². The van der Waals surface area contributed by atoms with Crippen molar-refractivity contribution in [3.8, 4) is 0 Å². The zero-order valence-electron chi connectivity index (χ0n) is 21.7. The number of amides is 3. The first-order chi connectivity index (χ1) is 17.6. The molecule has 198 valence electrons. The van der Waals surface area contributed by atoms with Crippen LogP contribution in [0.4, 0.5) is 0 Å². The number of likely N-dealkylation sites (tertiary alicyclic amines) is 1. The van der Waals surface area contributed by atoms with Gasteiger partial charge in [-0.2, -0.15) is 0 Å². The first-order valence-electron chi connectivity index (χ1n) is 13.1. The third kappa shape index (κ3) is 5.12. The van der Waals surface area contributed by atoms with E-state index in [4.69, 9.17) is 0 Å². The normalized spacial score (nSPS) is 26.7. The van der Waals surface area contributed by atoms with E-state index in [9.17, 15) is 19.5 Å². The molecular formula is C27H36N6O4. The molecule has 2 aromatic rings. The van der Waals surface area contributed by atoms with Crippen LogP contribution in [0.5, 0.6) is 0 Å². The molecule has 2 saturated heterocycles. The Hall–Kier alpha value is -3.27. The Morgan fingerprint density at radius 2 is 1.97 bits per heavy atom. The Morgan fingerprint density at radius 1 is 1.24 bits per heavy atom. The van der Waals surface area contributed by atoms with Crippen molar-refractivity contribution in [1.29, 1.82) is 0 Å². The van der Waals surface area contributed by atoms with E-state index >= 15 is 0 Å². The van der Waals surface area contributed by atoms with Gasteiger partial charge in [0, 0.05) is 38.0 Å². The van der Waals surface area contributed by atoms with Crippen LogP contribution in [0.3, 0.4) is 0 Å². The standard InChI is InChI=1S/C27H36N6O4/c1-26(2,3)23(33-15-20(30-31-33)17-9-10-17)25(37)32-14-19(34)13-21(32)24(36)28-16-27(12-11-22(35)29-27)18-7-5-4-6-8-18/h4-8,15,17,19,21,23,34H,9-14,16H2,1-3H3,(H,28,36)(H,29,35)/t19-,21+,23-,27?/m1/s1. The molecule has 0 radical (unpaired) electrons. The van der Waals surface area contributed by atoms with E-state index in [1.165, 1.54) is 4.90 Å². The lowest BCUT2D eigenvalue weighted by Gasteiger charge is -2.35. The number of nitrogens with zero attached hydrogens (tertiary/aromatic N) is 4. The summed E-state index contributed by atoms with van der Waals surface area (Å²) < 4.78 is 1.62. The molecule has 5 rings (SSSR count). The fourth-order valence-corrected chi connectivity index (χ4v) is 5.61. The average Bonchev–Trinajstić information content (AvgIpc) is 3.27. The zero-order chi connectivity index (χ0) is 26.4. The monoisotopic (exact) mass is 508 g/mol. The quantitative estimate of drug-likeness (QED) is 0.521. The molecule has 1 aromatic carbocycles. The summed E-state index contributed by atoms with van der Waals surface area (Å²) in [6, 6.07) is 8.11. The SMILES string of the molecule is CC(C)(C)[C@@H](C(=O)N1C[C@H](O)C[C@H]1C(=O)NCC1(c2ccccc2)CCC(=O)N1)n1cc(C2CC2)nn1. The summed E-state index contributed by atoms with van der Waals surface area (Å²) in [7, 11) is 0. The largest absolute Gasteiger partial charge is 0.391 e. The van der Waals surface area contributed by atoms with Gasteiger partial charge in [-0.15, -0.1) is 5.10 Å². The Morgan fingerprint density at radius 3 is 2.59 bits per heavy atom. The summed E-state index contributed by atoms with van der Waals surface area (Å²) in [6.45, 7) is 6.16. The molecule has 0 bridgehead atoms. The first-order valence-corrected chi connectivity index (χ1v) is 13.1. The van der Waals surface area contributed by atoms with Gasteiger partial charge in [0.15, 0.2) is 0 Å². The van der Waals surface area contributed by atoms with Gasteiger partial charge in [-0.3, -0.25) is 14.4 Å². The van der Waals surface area contributed by atoms with Crippen molar-refractivity contribution < 1.29 is 19.5 Å². The minimum Gasteiger partial charge on any atom is -0.391 e. The highest BCUT2D eigenvalue weighted by Gasteiger charge is 2.46. The molecule has 0 spiro atoms. The lowest BCUT2D eigenvalue weighted by atomic mass is 9.85. The number of aliphatic hydroxyl groups is 1. The smallest absolute Gasteiger partial charge is 0.248 e. The van der Waals surface area contributed by atoms with Crippen LogP contribution in [-0.2, 0) is 19.9 Å². The highest BCUT2D eigenvalue weighted by atomic mass is 16.3. The third-order valence-corrected chi connectivity index (χ3v) is 7.76. The number of hydrogen-bond donors (Lipinski definition) is 3. The molecule has 3 aliphatic rings. The molecule has 2 aliphatic heterocycles. The molecule has 10 heteroatoms. The Bertz CT molecular complexity index is 1170. The highest BCUT2D eigenvalue weighted by molar-refractivity contribution is 5.90. The molecule has 1 aliphatic carbocycles. The molecular weight excluding hydrogens is 472 g/mol. The minimum atomic E-state index is -0.816. The van der Waals surface area contributed by atoms with Crippen molar-refractivity contribution >= 4 is 17.7 Å². The van der Waals surface area contributed by atoms with Crippen molar-refractivity contribution in [2.75, 3.05) is 13.1 Å². The maximum atomic E-state index is 13.9. The first kappa shape index (κ1) is 25.4. The number of carbonyl (C=O) groups is 3. The van der Waals surface area contributed by atoms with Gasteiger partial charge in [0.25, 0.3) is 0 Å². The average molecular weight is 509 g/mol. The summed E-state index contributed by atoms with van der Waals surface area (Å²) in [5, 5.41) is 25.1. The van der Waals surface area contributed by atoms with Crippen molar-refractivity contribution in [2.24, 2.45) is 5.41 Å². The van der Waals surface area contributed by atoms with Crippen LogP contribution in [0.15, 0.2) is 36.5 Å². The van der Waals surface area contributed by atoms with E-state index in [2.05, 4.69) is 20.9 Å². The summed E-state index contributed by atoms with van der Waals surface area (Å²) in [5.74, 6) is -0.253. The summed E-state index contributed by atoms with van der Waals surface area (Å²) >= 11 is 0. The van der Waals surface area contributed by atoms with Crippen molar-refractivity contribution in [1.82, 2.24) is 30.5 Å². The summed E-state index contributed by atoms with van der Waals surface area (Å²) in [4.78, 5) is 41.0. The van der Waals surface area contributed by atoms with Gasteiger partial charge in [0.1, 0.15) is 12.1 Å². The van der Waals surface area contributed by atoms with E-state index in [-0.39, 0.29) is 37.2 Å². The van der Waals surface area contributed by atoms with Gasteiger partial charge in [0.2, 0.25) is 17.7 Å². The van der Waals surface area contributed by atoms with Crippen LogP contribution in [0, 0.1) is 5.41 Å². The molecule has 3 N–H and O–H groups in total. The lowest BCUT2D eigenvalue weighted by molar-refractivity contribution is -0.144. The van der Waals surface area contributed by atoms with Gasteiger partial charge in [-0.25, -0.2) is 4.68 Å². The number of β-amino-alcohol motifs (C(OH)–C–C–N with tert-alkyl or cyclic N) is 1. The maximum absolute atomic E-state index is 13.9. The highest BCUT2D eigenvalue weighted by Crippen LogP contribution is 2.40. The van der Waals surface area contributed by atoms with Gasteiger partial charge >= 0.3 is 0 Å². The Kier molecular flexibility index (Phi) is 6.55. The number of rotatable bonds is 7. The molecule has 3 fully saturated rings. The van der Waals surface area contributed by atoms with Crippen molar-refractivity contribution in [3.05, 3.63) is 47.8 Å². The van der Waals surface area contributed by atoms with Crippen LogP contribution in [0.2, 0.25) is 0 Å². The van der Waals surface area contributed by atoms with E-state index in [0.29, 0.717) is 18.8 Å². The van der Waals surface area contributed by atoms with E-state index in [1.54, 1.807) is 4.68 Å².